The van der Waals surface area contributed by atoms with E-state index >= 15 is 0 Å². The van der Waals surface area contributed by atoms with Gasteiger partial charge in [-0.3, -0.25) is 4.98 Å². The summed E-state index contributed by atoms with van der Waals surface area (Å²) in [5.41, 5.74) is 0.455. The number of hydrogen-bond acceptors (Lipinski definition) is 3. The molecule has 0 amide bonds. The molecule has 5 heteroatoms. The van der Waals surface area contributed by atoms with Gasteiger partial charge >= 0.3 is 0 Å². The summed E-state index contributed by atoms with van der Waals surface area (Å²) in [7, 11) is -0.374. The second-order valence-electron chi connectivity index (χ2n) is 2.98. The smallest absolute Gasteiger partial charge is 0.242 e. The first-order valence-electron chi connectivity index (χ1n) is 4.28. The average Bonchev–Trinajstić information content (AvgIpc) is 2.28. The summed E-state index contributed by atoms with van der Waals surface area (Å²) in [4.78, 5) is 4.20. The van der Waals surface area contributed by atoms with Crippen molar-refractivity contribution in [3.8, 4) is 0 Å². The molecular formula is C10H9N2O2S. The molecule has 0 aliphatic rings. The van der Waals surface area contributed by atoms with Gasteiger partial charge < -0.3 is 0 Å². The molecule has 0 aliphatic carbocycles. The Bertz CT molecular complexity index is 588. The fourth-order valence-electron chi connectivity index (χ4n) is 1.37. The summed E-state index contributed by atoms with van der Waals surface area (Å²) in [6.07, 6.45) is 1.56. The Morgan fingerprint density at radius 2 is 1.93 bits per heavy atom. The third kappa shape index (κ3) is 1.71. The molecule has 15 heavy (non-hydrogen) atoms. The Hall–Kier alpha value is -1.46. The van der Waals surface area contributed by atoms with Crippen LogP contribution in [0.4, 0.5) is 0 Å². The van der Waals surface area contributed by atoms with E-state index in [1.165, 1.54) is 6.07 Å². The van der Waals surface area contributed by atoms with Crippen molar-refractivity contribution >= 4 is 20.9 Å². The number of pyridine rings is 1. The lowest BCUT2D eigenvalue weighted by Gasteiger charge is -2.04. The van der Waals surface area contributed by atoms with Crippen LogP contribution in [0.15, 0.2) is 41.4 Å². The van der Waals surface area contributed by atoms with E-state index < -0.39 is 10.0 Å². The van der Waals surface area contributed by atoms with Gasteiger partial charge in [0.2, 0.25) is 10.0 Å². The Morgan fingerprint density at radius 1 is 1.20 bits per heavy atom. The highest BCUT2D eigenvalue weighted by Gasteiger charge is 2.15. The first-order valence-corrected chi connectivity index (χ1v) is 5.76. The molecule has 1 radical (unpaired) electrons. The fraction of sp³-hybridized carbons (Fsp3) is 0. The van der Waals surface area contributed by atoms with E-state index in [1.807, 2.05) is 16.9 Å². The van der Waals surface area contributed by atoms with Gasteiger partial charge in [-0.15, -0.1) is 0 Å². The molecule has 0 saturated carbocycles. The van der Waals surface area contributed by atoms with Crippen molar-refractivity contribution in [3.63, 3.8) is 0 Å². The summed E-state index contributed by atoms with van der Waals surface area (Å²) >= 11 is 0. The van der Waals surface area contributed by atoms with Gasteiger partial charge in [-0.2, -0.15) is 0 Å². The Labute approximate surface area is 88.0 Å². The molecule has 77 valence electrons. The SMILES string of the molecule is [CH2]NS(=O)(=O)c1cccc2cccnc12. The monoisotopic (exact) mass is 221 g/mol. The van der Waals surface area contributed by atoms with Crippen LogP contribution >= 0.6 is 0 Å². The maximum atomic E-state index is 11.6. The van der Waals surface area contributed by atoms with Gasteiger partial charge in [-0.1, -0.05) is 18.2 Å². The van der Waals surface area contributed by atoms with Crippen molar-refractivity contribution in [3.05, 3.63) is 43.6 Å². The lowest BCUT2D eigenvalue weighted by atomic mass is 10.2. The number of nitrogens with one attached hydrogen (secondary N) is 1. The largest absolute Gasteiger partial charge is 0.255 e. The molecule has 0 unspecified atom stereocenters. The van der Waals surface area contributed by atoms with E-state index in [9.17, 15) is 8.42 Å². The fourth-order valence-corrected chi connectivity index (χ4v) is 2.21. The number of para-hydroxylation sites is 1. The van der Waals surface area contributed by atoms with Crippen molar-refractivity contribution in [2.45, 2.75) is 4.90 Å². The number of fused-ring (bicyclic) bond motifs is 1. The first kappa shape index (κ1) is 10.1. The number of hydrogen-bond donors (Lipinski definition) is 1. The van der Waals surface area contributed by atoms with Crippen LogP contribution in [-0.2, 0) is 10.0 Å². The second kappa shape index (κ2) is 3.60. The van der Waals surface area contributed by atoms with E-state index in [4.69, 9.17) is 0 Å². The summed E-state index contributed by atoms with van der Waals surface area (Å²) < 4.78 is 25.2. The van der Waals surface area contributed by atoms with Crippen LogP contribution in [0.25, 0.3) is 10.9 Å². The highest BCUT2D eigenvalue weighted by Crippen LogP contribution is 2.19. The van der Waals surface area contributed by atoms with Gasteiger partial charge in [0.05, 0.1) is 5.52 Å². The zero-order valence-corrected chi connectivity index (χ0v) is 8.66. The summed E-state index contributed by atoms with van der Waals surface area (Å²) in [6, 6.07) is 8.56. The lowest BCUT2D eigenvalue weighted by molar-refractivity contribution is 0.591. The van der Waals surface area contributed by atoms with Crippen molar-refractivity contribution in [1.82, 2.24) is 9.71 Å². The third-order valence-corrected chi connectivity index (χ3v) is 3.36. The van der Waals surface area contributed by atoms with Gasteiger partial charge in [0.1, 0.15) is 4.90 Å². The minimum atomic E-state index is -3.55. The highest BCUT2D eigenvalue weighted by molar-refractivity contribution is 7.89. The molecule has 0 fully saturated rings. The standard InChI is InChI=1S/C10H9N2O2S/c1-11-15(13,14)9-6-2-4-8-5-3-7-12-10(8)9/h2-7,11H,1H2. The zero-order chi connectivity index (χ0) is 10.9. The maximum absolute atomic E-state index is 11.6. The van der Waals surface area contributed by atoms with Crippen LogP contribution in [0.1, 0.15) is 0 Å². The quantitative estimate of drug-likeness (QED) is 0.831. The van der Waals surface area contributed by atoms with Crippen molar-refractivity contribution < 1.29 is 8.42 Å². The highest BCUT2D eigenvalue weighted by atomic mass is 32.2. The number of benzene rings is 1. The summed E-state index contributed by atoms with van der Waals surface area (Å²) in [5.74, 6) is 0. The van der Waals surface area contributed by atoms with Crippen molar-refractivity contribution in [2.75, 3.05) is 0 Å². The maximum Gasteiger partial charge on any atom is 0.242 e. The minimum absolute atomic E-state index is 0.149. The molecule has 0 spiro atoms. The van der Waals surface area contributed by atoms with Crippen LogP contribution in [0.5, 0.6) is 0 Å². The van der Waals surface area contributed by atoms with Crippen molar-refractivity contribution in [2.24, 2.45) is 0 Å². The molecule has 0 saturated heterocycles. The number of sulfonamides is 1. The van der Waals surface area contributed by atoms with E-state index in [1.54, 1.807) is 18.3 Å². The molecule has 0 aliphatic heterocycles. The predicted molar refractivity (Wildman–Crippen MR) is 57.4 cm³/mol. The Kier molecular flexibility index (Phi) is 2.42. The van der Waals surface area contributed by atoms with Crippen LogP contribution < -0.4 is 4.72 Å². The second-order valence-corrected chi connectivity index (χ2v) is 4.71. The number of nitrogens with zero attached hydrogens (tertiary/aromatic N) is 1. The number of rotatable bonds is 2. The molecule has 1 aromatic heterocycles. The molecule has 2 rings (SSSR count). The average molecular weight is 221 g/mol. The molecule has 4 nitrogen and oxygen atoms in total. The lowest BCUT2D eigenvalue weighted by Crippen LogP contribution is -2.17. The topological polar surface area (TPSA) is 59.1 Å². The zero-order valence-electron chi connectivity index (χ0n) is 7.84. The first-order chi connectivity index (χ1) is 7.15. The van der Waals surface area contributed by atoms with Gasteiger partial charge in [0.25, 0.3) is 0 Å². The van der Waals surface area contributed by atoms with Gasteiger partial charge in [-0.25, -0.2) is 13.1 Å². The molecule has 1 aromatic carbocycles. The number of aromatic nitrogens is 1. The normalized spacial score (nSPS) is 11.8. The Morgan fingerprint density at radius 3 is 2.67 bits per heavy atom. The summed E-state index contributed by atoms with van der Waals surface area (Å²) in [6.45, 7) is 0. The van der Waals surface area contributed by atoms with E-state index in [0.717, 1.165) is 5.39 Å². The van der Waals surface area contributed by atoms with Gasteiger partial charge in [-0.05, 0) is 12.1 Å². The van der Waals surface area contributed by atoms with E-state index in [-0.39, 0.29) is 4.90 Å². The Balaban J connectivity index is 2.83. The van der Waals surface area contributed by atoms with Crippen molar-refractivity contribution in [1.29, 1.82) is 0 Å². The van der Waals surface area contributed by atoms with Crippen LogP contribution in [0.3, 0.4) is 0 Å². The molecule has 0 bridgehead atoms. The van der Waals surface area contributed by atoms with Crippen LogP contribution in [-0.4, -0.2) is 13.4 Å². The molecule has 0 atom stereocenters. The van der Waals surface area contributed by atoms with E-state index in [0.29, 0.717) is 5.52 Å². The summed E-state index contributed by atoms with van der Waals surface area (Å²) in [5, 5.41) is 0.786. The third-order valence-electron chi connectivity index (χ3n) is 2.08. The van der Waals surface area contributed by atoms with Gasteiger partial charge in [0.15, 0.2) is 0 Å². The van der Waals surface area contributed by atoms with Crippen LogP contribution in [0, 0.1) is 7.05 Å². The molecule has 1 N–H and O–H groups in total. The predicted octanol–water partition coefficient (Wildman–Crippen LogP) is 1.30. The molecular weight excluding hydrogens is 212 g/mol. The van der Waals surface area contributed by atoms with E-state index in [2.05, 4.69) is 12.0 Å². The molecule has 1 heterocycles. The minimum Gasteiger partial charge on any atom is -0.255 e. The van der Waals surface area contributed by atoms with Crippen LogP contribution in [0.2, 0.25) is 0 Å². The molecule has 2 aromatic rings. The van der Waals surface area contributed by atoms with Gasteiger partial charge in [0, 0.05) is 18.6 Å².